The van der Waals surface area contributed by atoms with E-state index in [0.29, 0.717) is 32.8 Å². The van der Waals surface area contributed by atoms with E-state index < -0.39 is 17.2 Å². The Balaban J connectivity index is 1.64. The average molecular weight is 477 g/mol. The van der Waals surface area contributed by atoms with Crippen molar-refractivity contribution in [3.63, 3.8) is 0 Å². The predicted molar refractivity (Wildman–Crippen MR) is 130 cm³/mol. The Labute approximate surface area is 196 Å². The van der Waals surface area contributed by atoms with Gasteiger partial charge in [-0.1, -0.05) is 6.07 Å². The summed E-state index contributed by atoms with van der Waals surface area (Å²) in [5.74, 6) is 0.546. The van der Waals surface area contributed by atoms with Crippen molar-refractivity contribution in [1.29, 1.82) is 0 Å². The number of carbonyl (C=O) groups is 1. The Morgan fingerprint density at radius 3 is 2.82 bits per heavy atom. The third kappa shape index (κ3) is 3.77. The molecule has 4 aromatic heterocycles. The zero-order valence-electron chi connectivity index (χ0n) is 18.4. The molecular weight excluding hydrogens is 456 g/mol. The van der Waals surface area contributed by atoms with Crippen LogP contribution in [0.4, 0.5) is 5.69 Å². The summed E-state index contributed by atoms with van der Waals surface area (Å²) in [5.41, 5.74) is 0.854. The highest BCUT2D eigenvalue weighted by Crippen LogP contribution is 2.30. The number of fused-ring (bicyclic) bond motifs is 3. The van der Waals surface area contributed by atoms with Crippen LogP contribution in [-0.4, -0.2) is 27.1 Å². The number of hydrogen-bond acceptors (Lipinski definition) is 7. The Morgan fingerprint density at radius 2 is 2.06 bits per heavy atom. The molecule has 0 aliphatic heterocycles. The molecule has 9 nitrogen and oxygen atoms in total. The number of amides is 1. The Bertz CT molecular complexity index is 1650. The van der Waals surface area contributed by atoms with E-state index in [9.17, 15) is 14.4 Å². The summed E-state index contributed by atoms with van der Waals surface area (Å²) in [7, 11) is 1.52. The molecule has 0 saturated carbocycles. The summed E-state index contributed by atoms with van der Waals surface area (Å²) in [6.45, 7) is 1.59. The Kier molecular flexibility index (Phi) is 5.50. The van der Waals surface area contributed by atoms with Gasteiger partial charge < -0.3 is 14.5 Å². The van der Waals surface area contributed by atoms with E-state index in [2.05, 4.69) is 10.3 Å². The van der Waals surface area contributed by atoms with Gasteiger partial charge >= 0.3 is 5.69 Å². The van der Waals surface area contributed by atoms with Gasteiger partial charge in [-0.05, 0) is 42.8 Å². The van der Waals surface area contributed by atoms with Gasteiger partial charge in [0.15, 0.2) is 0 Å². The van der Waals surface area contributed by atoms with Gasteiger partial charge in [0, 0.05) is 17.8 Å². The number of nitrogens with zero attached hydrogens (tertiary/aromatic N) is 3. The summed E-state index contributed by atoms with van der Waals surface area (Å²) in [6, 6.07) is 10.5. The van der Waals surface area contributed by atoms with Crippen LogP contribution in [0.15, 0.2) is 69.1 Å². The zero-order chi connectivity index (χ0) is 23.8. The smallest absolute Gasteiger partial charge is 0.332 e. The molecule has 0 bridgehead atoms. The van der Waals surface area contributed by atoms with Gasteiger partial charge in [-0.3, -0.25) is 23.7 Å². The average Bonchev–Trinajstić information content (AvgIpc) is 3.48. The first kappa shape index (κ1) is 21.7. The third-order valence-electron chi connectivity index (χ3n) is 5.46. The number of ether oxygens (including phenoxy) is 1. The van der Waals surface area contributed by atoms with Crippen LogP contribution in [0, 0.1) is 6.92 Å². The molecule has 0 radical (unpaired) electrons. The molecule has 0 aliphatic carbocycles. The molecule has 34 heavy (non-hydrogen) atoms. The maximum Gasteiger partial charge on any atom is 0.332 e. The van der Waals surface area contributed by atoms with E-state index in [0.717, 1.165) is 14.8 Å². The van der Waals surface area contributed by atoms with Crippen LogP contribution in [0.5, 0.6) is 5.75 Å². The van der Waals surface area contributed by atoms with Crippen molar-refractivity contribution in [3.05, 3.63) is 87.2 Å². The van der Waals surface area contributed by atoms with Crippen molar-refractivity contribution in [2.75, 3.05) is 12.4 Å². The Hall–Kier alpha value is -4.18. The van der Waals surface area contributed by atoms with Crippen molar-refractivity contribution >= 4 is 43.2 Å². The second kappa shape index (κ2) is 8.64. The van der Waals surface area contributed by atoms with Gasteiger partial charge in [-0.2, -0.15) is 0 Å². The first-order valence-corrected chi connectivity index (χ1v) is 11.2. The van der Waals surface area contributed by atoms with Crippen LogP contribution >= 0.6 is 11.3 Å². The summed E-state index contributed by atoms with van der Waals surface area (Å²) >= 11 is 1.24. The highest BCUT2D eigenvalue weighted by molar-refractivity contribution is 7.25. The van der Waals surface area contributed by atoms with Gasteiger partial charge in [-0.15, -0.1) is 11.3 Å². The molecule has 5 rings (SSSR count). The fraction of sp³-hybridized carbons (Fsp3) is 0.167. The standard InChI is InChI=1S/C24H20N4O5S/c1-14-5-6-17(18(10-14)32-2)26-20(29)13-27-21-16-7-8-25-11-19(16)34-22(21)23(30)28(24(27)31)12-15-4-3-9-33-15/h3-11H,12-13H2,1-2H3,(H,26,29). The number of carbonyl (C=O) groups excluding carboxylic acids is 1. The third-order valence-corrected chi connectivity index (χ3v) is 6.58. The number of aromatic nitrogens is 3. The fourth-order valence-electron chi connectivity index (χ4n) is 3.88. The first-order chi connectivity index (χ1) is 16.5. The molecule has 0 atom stereocenters. The SMILES string of the molecule is COc1cc(C)ccc1NC(=O)Cn1c(=O)n(Cc2ccco2)c(=O)c2sc3cnccc3c21. The molecule has 10 heteroatoms. The largest absolute Gasteiger partial charge is 0.495 e. The van der Waals surface area contributed by atoms with Crippen LogP contribution in [0.3, 0.4) is 0 Å². The van der Waals surface area contributed by atoms with Crippen molar-refractivity contribution in [3.8, 4) is 5.75 Å². The first-order valence-electron chi connectivity index (χ1n) is 10.4. The molecular formula is C24H20N4O5S. The molecule has 1 N–H and O–H groups in total. The van der Waals surface area contributed by atoms with Crippen molar-refractivity contribution < 1.29 is 13.9 Å². The van der Waals surface area contributed by atoms with E-state index >= 15 is 0 Å². The Morgan fingerprint density at radius 1 is 1.21 bits per heavy atom. The minimum Gasteiger partial charge on any atom is -0.495 e. The quantitative estimate of drug-likeness (QED) is 0.403. The zero-order valence-corrected chi connectivity index (χ0v) is 19.2. The lowest BCUT2D eigenvalue weighted by Crippen LogP contribution is -2.41. The van der Waals surface area contributed by atoms with Gasteiger partial charge in [-0.25, -0.2) is 4.79 Å². The fourth-order valence-corrected chi connectivity index (χ4v) is 5.00. The molecule has 0 fully saturated rings. The van der Waals surface area contributed by atoms with Crippen LogP contribution in [0.25, 0.3) is 20.3 Å². The van der Waals surface area contributed by atoms with Gasteiger partial charge in [0.2, 0.25) is 5.91 Å². The normalized spacial score (nSPS) is 11.2. The molecule has 0 spiro atoms. The predicted octanol–water partition coefficient (Wildman–Crippen LogP) is 3.37. The maximum absolute atomic E-state index is 13.5. The second-order valence-electron chi connectivity index (χ2n) is 7.74. The highest BCUT2D eigenvalue weighted by Gasteiger charge is 2.21. The van der Waals surface area contributed by atoms with Crippen LogP contribution in [0.1, 0.15) is 11.3 Å². The van der Waals surface area contributed by atoms with E-state index in [1.165, 1.54) is 29.3 Å². The van der Waals surface area contributed by atoms with E-state index in [-0.39, 0.29) is 13.1 Å². The molecule has 172 valence electrons. The number of aryl methyl sites for hydroxylation is 1. The molecule has 4 heterocycles. The lowest BCUT2D eigenvalue weighted by Gasteiger charge is -2.14. The van der Waals surface area contributed by atoms with Gasteiger partial charge in [0.25, 0.3) is 5.56 Å². The number of rotatable bonds is 6. The number of thiophene rings is 1. The minimum atomic E-state index is -0.601. The topological polar surface area (TPSA) is 108 Å². The van der Waals surface area contributed by atoms with Crippen molar-refractivity contribution in [2.24, 2.45) is 0 Å². The lowest BCUT2D eigenvalue weighted by molar-refractivity contribution is -0.116. The summed E-state index contributed by atoms with van der Waals surface area (Å²) in [6.07, 6.45) is 4.71. The number of benzene rings is 1. The second-order valence-corrected chi connectivity index (χ2v) is 8.80. The summed E-state index contributed by atoms with van der Waals surface area (Å²) in [5, 5.41) is 3.50. The van der Waals surface area contributed by atoms with Crippen LogP contribution in [-0.2, 0) is 17.9 Å². The van der Waals surface area contributed by atoms with Crippen LogP contribution in [0.2, 0.25) is 0 Å². The minimum absolute atomic E-state index is 0.0412. The lowest BCUT2D eigenvalue weighted by atomic mass is 10.2. The molecule has 1 aromatic carbocycles. The maximum atomic E-state index is 13.5. The molecule has 5 aromatic rings. The number of pyridine rings is 1. The number of anilines is 1. The van der Waals surface area contributed by atoms with Gasteiger partial charge in [0.1, 0.15) is 22.8 Å². The highest BCUT2D eigenvalue weighted by atomic mass is 32.1. The van der Waals surface area contributed by atoms with Crippen LogP contribution < -0.4 is 21.3 Å². The summed E-state index contributed by atoms with van der Waals surface area (Å²) in [4.78, 5) is 43.9. The van der Waals surface area contributed by atoms with Crippen molar-refractivity contribution in [2.45, 2.75) is 20.0 Å². The number of methoxy groups -OCH3 is 1. The number of nitrogens with one attached hydrogen (secondary N) is 1. The summed E-state index contributed by atoms with van der Waals surface area (Å²) < 4.78 is 14.2. The number of hydrogen-bond donors (Lipinski definition) is 1. The number of furan rings is 1. The molecule has 0 unspecified atom stereocenters. The van der Waals surface area contributed by atoms with E-state index in [1.807, 2.05) is 19.1 Å². The van der Waals surface area contributed by atoms with Crippen molar-refractivity contribution in [1.82, 2.24) is 14.1 Å². The van der Waals surface area contributed by atoms with E-state index in [4.69, 9.17) is 9.15 Å². The molecule has 1 amide bonds. The molecule has 0 saturated heterocycles. The molecule has 0 aliphatic rings. The monoisotopic (exact) mass is 476 g/mol. The van der Waals surface area contributed by atoms with Gasteiger partial charge in [0.05, 0.1) is 35.8 Å². The van der Waals surface area contributed by atoms with E-state index in [1.54, 1.807) is 36.7 Å².